The third-order valence-electron chi connectivity index (χ3n) is 6.39. The van der Waals surface area contributed by atoms with Crippen LogP contribution in [0.1, 0.15) is 34.5 Å². The minimum atomic E-state index is -1.12. The molecule has 1 amide bonds. The number of amides is 1. The predicted octanol–water partition coefficient (Wildman–Crippen LogP) is 6.13. The molecule has 0 radical (unpaired) electrons. The molecule has 0 atom stereocenters. The van der Waals surface area contributed by atoms with Gasteiger partial charge >= 0.3 is 5.97 Å². The second-order valence-corrected chi connectivity index (χ2v) is 8.94. The highest BCUT2D eigenvalue weighted by Crippen LogP contribution is 2.36. The molecule has 1 aromatic heterocycles. The number of halogens is 2. The van der Waals surface area contributed by atoms with Crippen LogP contribution >= 0.6 is 0 Å². The fraction of sp³-hybridized carbons (Fsp3) is 0.172. The van der Waals surface area contributed by atoms with Crippen molar-refractivity contribution in [3.05, 3.63) is 101 Å². The van der Waals surface area contributed by atoms with Gasteiger partial charge in [-0.3, -0.25) is 4.79 Å². The summed E-state index contributed by atoms with van der Waals surface area (Å²) in [4.78, 5) is 25.9. The fourth-order valence-corrected chi connectivity index (χ4v) is 4.59. The average molecular weight is 503 g/mol. The normalized spacial score (nSPS) is 13.3. The number of hydrogen-bond acceptors (Lipinski definition) is 3. The van der Waals surface area contributed by atoms with Gasteiger partial charge in [0, 0.05) is 35.6 Å². The zero-order chi connectivity index (χ0) is 26.1. The maximum Gasteiger partial charge on any atom is 0.335 e. The first-order chi connectivity index (χ1) is 17.8. The molecule has 4 aromatic rings. The summed E-state index contributed by atoms with van der Waals surface area (Å²) >= 11 is 0. The van der Waals surface area contributed by atoms with E-state index in [1.54, 1.807) is 23.1 Å². The Balaban J connectivity index is 1.59. The van der Waals surface area contributed by atoms with Crippen molar-refractivity contribution in [3.8, 4) is 22.7 Å². The van der Waals surface area contributed by atoms with Gasteiger partial charge in [-0.05, 0) is 79.6 Å². The highest BCUT2D eigenvalue weighted by atomic mass is 19.1. The van der Waals surface area contributed by atoms with Gasteiger partial charge in [0.05, 0.1) is 11.3 Å². The number of ether oxygens (including phenoxy) is 1. The Morgan fingerprint density at radius 2 is 1.68 bits per heavy atom. The van der Waals surface area contributed by atoms with E-state index >= 15 is 0 Å². The summed E-state index contributed by atoms with van der Waals surface area (Å²) in [5.41, 5.74) is 3.66. The van der Waals surface area contributed by atoms with Gasteiger partial charge in [0.25, 0.3) is 0 Å². The molecule has 0 bridgehead atoms. The topological polar surface area (TPSA) is 71.8 Å². The lowest BCUT2D eigenvalue weighted by Crippen LogP contribution is -2.24. The molecule has 1 saturated heterocycles. The third kappa shape index (κ3) is 4.95. The number of benzene rings is 3. The van der Waals surface area contributed by atoms with Crippen molar-refractivity contribution in [3.63, 3.8) is 0 Å². The Morgan fingerprint density at radius 3 is 2.38 bits per heavy atom. The van der Waals surface area contributed by atoms with E-state index in [1.165, 1.54) is 42.5 Å². The van der Waals surface area contributed by atoms with Crippen LogP contribution in [0.3, 0.4) is 0 Å². The van der Waals surface area contributed by atoms with Gasteiger partial charge in [-0.2, -0.15) is 0 Å². The van der Waals surface area contributed by atoms with Crippen molar-refractivity contribution < 1.29 is 28.2 Å². The van der Waals surface area contributed by atoms with Crippen LogP contribution in [0.2, 0.25) is 0 Å². The Bertz CT molecular complexity index is 1490. The number of carboxylic acids is 1. The Kier molecular flexibility index (Phi) is 6.48. The van der Waals surface area contributed by atoms with Gasteiger partial charge in [-0.1, -0.05) is 12.1 Å². The predicted molar refractivity (Wildman–Crippen MR) is 135 cm³/mol. The molecule has 1 aliphatic heterocycles. The average Bonchev–Trinajstić information content (AvgIpc) is 3.49. The van der Waals surface area contributed by atoms with Crippen LogP contribution in [0.15, 0.2) is 72.8 Å². The molecule has 1 N–H and O–H groups in total. The standard InChI is InChI=1S/C29H24F2N2O4/c1-18-4-10-26(25-15-22(31)9-11-27(25)37-17-19-5-7-21(30)8-6-19)33(18)24-14-20(29(35)36)13-23(16-24)32-12-2-3-28(32)34/h4-11,13-16H,2-3,12,17H2,1H3,(H,35,36). The number of aromatic carboxylic acids is 1. The molecule has 8 heteroatoms. The van der Waals surface area contributed by atoms with Crippen LogP contribution in [-0.4, -0.2) is 28.1 Å². The quantitative estimate of drug-likeness (QED) is 0.330. The maximum absolute atomic E-state index is 14.4. The second-order valence-electron chi connectivity index (χ2n) is 8.94. The molecule has 0 spiro atoms. The van der Waals surface area contributed by atoms with E-state index in [-0.39, 0.29) is 23.9 Å². The third-order valence-corrected chi connectivity index (χ3v) is 6.39. The number of nitrogens with zero attached hydrogens (tertiary/aromatic N) is 2. The summed E-state index contributed by atoms with van der Waals surface area (Å²) in [6.07, 6.45) is 1.12. The SMILES string of the molecule is Cc1ccc(-c2cc(F)ccc2OCc2ccc(F)cc2)n1-c1cc(C(=O)O)cc(N2CCCC2=O)c1. The van der Waals surface area contributed by atoms with E-state index in [2.05, 4.69) is 0 Å². The number of rotatable bonds is 7. The number of carbonyl (C=O) groups is 2. The lowest BCUT2D eigenvalue weighted by atomic mass is 10.1. The first-order valence-corrected chi connectivity index (χ1v) is 11.8. The molecule has 0 saturated carbocycles. The van der Waals surface area contributed by atoms with E-state index in [4.69, 9.17) is 4.74 Å². The summed E-state index contributed by atoms with van der Waals surface area (Å²) < 4.78 is 35.5. The van der Waals surface area contributed by atoms with Crippen molar-refractivity contribution in [1.82, 2.24) is 4.57 Å². The van der Waals surface area contributed by atoms with Gasteiger partial charge in [0.1, 0.15) is 24.0 Å². The molecule has 0 aliphatic carbocycles. The van der Waals surface area contributed by atoms with E-state index in [9.17, 15) is 23.5 Å². The Hall–Kier alpha value is -4.46. The highest BCUT2D eigenvalue weighted by Gasteiger charge is 2.24. The van der Waals surface area contributed by atoms with Crippen molar-refractivity contribution in [2.24, 2.45) is 0 Å². The molecule has 37 heavy (non-hydrogen) atoms. The fourth-order valence-electron chi connectivity index (χ4n) is 4.59. The first-order valence-electron chi connectivity index (χ1n) is 11.8. The molecule has 1 fully saturated rings. The van der Waals surface area contributed by atoms with Crippen molar-refractivity contribution in [1.29, 1.82) is 0 Å². The van der Waals surface area contributed by atoms with Crippen LogP contribution in [0.4, 0.5) is 14.5 Å². The van der Waals surface area contributed by atoms with Gasteiger partial charge < -0.3 is 19.3 Å². The number of carbonyl (C=O) groups excluding carboxylic acids is 1. The zero-order valence-electron chi connectivity index (χ0n) is 20.1. The zero-order valence-corrected chi connectivity index (χ0v) is 20.1. The molecular formula is C29H24F2N2O4. The second kappa shape index (κ2) is 9.89. The number of carboxylic acid groups (broad SMARTS) is 1. The lowest BCUT2D eigenvalue weighted by Gasteiger charge is -2.20. The van der Waals surface area contributed by atoms with Crippen LogP contribution in [-0.2, 0) is 11.4 Å². The first kappa shape index (κ1) is 24.2. The number of hydrogen-bond donors (Lipinski definition) is 1. The molecule has 188 valence electrons. The molecule has 5 rings (SSSR count). The van der Waals surface area contributed by atoms with Crippen molar-refractivity contribution in [2.45, 2.75) is 26.4 Å². The highest BCUT2D eigenvalue weighted by molar-refractivity contribution is 5.98. The summed E-state index contributed by atoms with van der Waals surface area (Å²) in [7, 11) is 0. The smallest absolute Gasteiger partial charge is 0.335 e. The molecule has 2 heterocycles. The van der Waals surface area contributed by atoms with Crippen LogP contribution in [0.5, 0.6) is 5.75 Å². The summed E-state index contributed by atoms with van der Waals surface area (Å²) in [6, 6.07) is 18.5. The largest absolute Gasteiger partial charge is 0.488 e. The van der Waals surface area contributed by atoms with E-state index in [0.717, 1.165) is 11.3 Å². The van der Waals surface area contributed by atoms with Crippen molar-refractivity contribution >= 4 is 17.6 Å². The van der Waals surface area contributed by atoms with Gasteiger partial charge in [-0.15, -0.1) is 0 Å². The van der Waals surface area contributed by atoms with Gasteiger partial charge in [0.2, 0.25) is 5.91 Å². The van der Waals surface area contributed by atoms with Crippen LogP contribution in [0.25, 0.3) is 16.9 Å². The number of anilines is 1. The summed E-state index contributed by atoms with van der Waals surface area (Å²) in [5.74, 6) is -1.57. The molecule has 6 nitrogen and oxygen atoms in total. The Morgan fingerprint density at radius 1 is 0.946 bits per heavy atom. The number of aryl methyl sites for hydroxylation is 1. The molecule has 0 unspecified atom stereocenters. The van der Waals surface area contributed by atoms with Gasteiger partial charge in [0.15, 0.2) is 0 Å². The van der Waals surface area contributed by atoms with Crippen LogP contribution < -0.4 is 9.64 Å². The van der Waals surface area contributed by atoms with Crippen LogP contribution in [0, 0.1) is 18.6 Å². The Labute approximate surface area is 212 Å². The van der Waals surface area contributed by atoms with E-state index in [0.29, 0.717) is 47.8 Å². The minimum absolute atomic E-state index is 0.0401. The summed E-state index contributed by atoms with van der Waals surface area (Å²) in [6.45, 7) is 2.52. The molecule has 3 aromatic carbocycles. The minimum Gasteiger partial charge on any atom is -0.488 e. The molecule has 1 aliphatic rings. The van der Waals surface area contributed by atoms with Crippen molar-refractivity contribution in [2.75, 3.05) is 11.4 Å². The number of aromatic nitrogens is 1. The maximum atomic E-state index is 14.4. The van der Waals surface area contributed by atoms with E-state index in [1.807, 2.05) is 23.6 Å². The summed E-state index contributed by atoms with van der Waals surface area (Å²) in [5, 5.41) is 9.77. The monoisotopic (exact) mass is 502 g/mol. The lowest BCUT2D eigenvalue weighted by molar-refractivity contribution is -0.117. The molecular weight excluding hydrogens is 478 g/mol. The van der Waals surface area contributed by atoms with Gasteiger partial charge in [-0.25, -0.2) is 13.6 Å². The van der Waals surface area contributed by atoms with E-state index < -0.39 is 11.8 Å².